The standard InChI is InChI=1S/C22H21N3O4S2/c26-20(10-13-31(28,29)19-9-6-15-2-1-3-17(15)14-19)24-18-7-4-16(5-8-18)21(27)25-22-23-11-12-30-22/h4-9,11-12,14H,1-3,10,13H2,(H,24,26)(H,23,25,27). The molecular formula is C22H21N3O4S2. The van der Waals surface area contributed by atoms with Crippen molar-refractivity contribution in [3.05, 3.63) is 70.7 Å². The van der Waals surface area contributed by atoms with E-state index < -0.39 is 15.7 Å². The first-order chi connectivity index (χ1) is 14.9. The molecule has 0 spiro atoms. The van der Waals surface area contributed by atoms with Gasteiger partial charge in [-0.3, -0.25) is 14.9 Å². The summed E-state index contributed by atoms with van der Waals surface area (Å²) < 4.78 is 25.2. The molecule has 1 heterocycles. The van der Waals surface area contributed by atoms with Crippen LogP contribution < -0.4 is 10.6 Å². The van der Waals surface area contributed by atoms with Gasteiger partial charge in [-0.25, -0.2) is 13.4 Å². The summed E-state index contributed by atoms with van der Waals surface area (Å²) in [4.78, 5) is 28.7. The number of sulfone groups is 1. The van der Waals surface area contributed by atoms with Crippen molar-refractivity contribution in [1.82, 2.24) is 4.98 Å². The maximum absolute atomic E-state index is 12.6. The van der Waals surface area contributed by atoms with Gasteiger partial charge in [-0.05, 0) is 66.8 Å². The van der Waals surface area contributed by atoms with E-state index in [0.717, 1.165) is 24.8 Å². The summed E-state index contributed by atoms with van der Waals surface area (Å²) in [7, 11) is -3.53. The third kappa shape index (κ3) is 5.18. The van der Waals surface area contributed by atoms with E-state index in [9.17, 15) is 18.0 Å². The van der Waals surface area contributed by atoms with Crippen LogP contribution >= 0.6 is 11.3 Å². The number of carbonyl (C=O) groups excluding carboxylic acids is 2. The lowest BCUT2D eigenvalue weighted by Crippen LogP contribution is -2.18. The van der Waals surface area contributed by atoms with E-state index in [1.807, 2.05) is 6.07 Å². The molecule has 4 rings (SSSR count). The predicted octanol–water partition coefficient (Wildman–Crippen LogP) is 3.69. The lowest BCUT2D eigenvalue weighted by Gasteiger charge is -2.08. The largest absolute Gasteiger partial charge is 0.326 e. The minimum absolute atomic E-state index is 0.147. The molecule has 0 radical (unpaired) electrons. The third-order valence-electron chi connectivity index (χ3n) is 5.11. The first-order valence-corrected chi connectivity index (χ1v) is 12.4. The molecular weight excluding hydrogens is 434 g/mol. The molecule has 1 aromatic heterocycles. The molecule has 2 aromatic carbocycles. The number of hydrogen-bond donors (Lipinski definition) is 2. The number of hydrogen-bond acceptors (Lipinski definition) is 6. The van der Waals surface area contributed by atoms with Crippen LogP contribution in [-0.4, -0.2) is 31.0 Å². The van der Waals surface area contributed by atoms with Gasteiger partial charge >= 0.3 is 0 Å². The van der Waals surface area contributed by atoms with Gasteiger partial charge in [0.05, 0.1) is 10.6 Å². The average Bonchev–Trinajstić information content (AvgIpc) is 3.44. The van der Waals surface area contributed by atoms with Gasteiger partial charge in [0.25, 0.3) is 5.91 Å². The highest BCUT2D eigenvalue weighted by Crippen LogP contribution is 2.25. The Hall–Kier alpha value is -3.04. The van der Waals surface area contributed by atoms with E-state index in [1.165, 1.54) is 16.9 Å². The van der Waals surface area contributed by atoms with Crippen LogP contribution in [-0.2, 0) is 27.5 Å². The highest BCUT2D eigenvalue weighted by Gasteiger charge is 2.20. The van der Waals surface area contributed by atoms with Crippen LogP contribution in [0.4, 0.5) is 10.8 Å². The van der Waals surface area contributed by atoms with Crippen molar-refractivity contribution >= 4 is 43.8 Å². The first-order valence-electron chi connectivity index (χ1n) is 9.86. The molecule has 0 unspecified atom stereocenters. The quantitative estimate of drug-likeness (QED) is 0.565. The molecule has 7 nitrogen and oxygen atoms in total. The summed E-state index contributed by atoms with van der Waals surface area (Å²) in [6.45, 7) is 0. The number of benzene rings is 2. The number of nitrogens with zero attached hydrogens (tertiary/aromatic N) is 1. The fourth-order valence-corrected chi connectivity index (χ4v) is 5.28. The Kier molecular flexibility index (Phi) is 6.15. The molecule has 2 N–H and O–H groups in total. The predicted molar refractivity (Wildman–Crippen MR) is 120 cm³/mol. The Labute approximate surface area is 184 Å². The van der Waals surface area contributed by atoms with E-state index in [1.54, 1.807) is 48.0 Å². The van der Waals surface area contributed by atoms with Gasteiger partial charge in [0, 0.05) is 29.2 Å². The van der Waals surface area contributed by atoms with Gasteiger partial charge in [0.1, 0.15) is 0 Å². The summed E-state index contributed by atoms with van der Waals surface area (Å²) in [5.74, 6) is -0.954. The molecule has 0 aliphatic heterocycles. The SMILES string of the molecule is O=C(CCS(=O)(=O)c1ccc2c(c1)CCC2)Nc1ccc(C(=O)Nc2nccs2)cc1. The number of fused-ring (bicyclic) bond motifs is 1. The zero-order valence-corrected chi connectivity index (χ0v) is 18.3. The summed E-state index contributed by atoms with van der Waals surface area (Å²) >= 11 is 1.32. The van der Waals surface area contributed by atoms with Crippen LogP contribution in [0.15, 0.2) is 58.9 Å². The Balaban J connectivity index is 1.31. The molecule has 160 valence electrons. The van der Waals surface area contributed by atoms with Crippen molar-refractivity contribution in [3.63, 3.8) is 0 Å². The molecule has 2 amide bonds. The highest BCUT2D eigenvalue weighted by atomic mass is 32.2. The smallest absolute Gasteiger partial charge is 0.257 e. The lowest BCUT2D eigenvalue weighted by molar-refractivity contribution is -0.115. The second kappa shape index (κ2) is 8.99. The number of rotatable bonds is 7. The van der Waals surface area contributed by atoms with Crippen LogP contribution in [0.25, 0.3) is 0 Å². The van der Waals surface area contributed by atoms with Crippen LogP contribution in [0.3, 0.4) is 0 Å². The van der Waals surface area contributed by atoms with Crippen molar-refractivity contribution in [2.24, 2.45) is 0 Å². The Morgan fingerprint density at radius 1 is 1.00 bits per heavy atom. The fourth-order valence-electron chi connectivity index (χ4n) is 3.47. The number of carbonyl (C=O) groups is 2. The van der Waals surface area contributed by atoms with Crippen LogP contribution in [0.1, 0.15) is 34.3 Å². The molecule has 9 heteroatoms. The van der Waals surface area contributed by atoms with Crippen molar-refractivity contribution in [2.45, 2.75) is 30.6 Å². The first kappa shape index (κ1) is 21.2. The Morgan fingerprint density at radius 3 is 2.52 bits per heavy atom. The van der Waals surface area contributed by atoms with E-state index in [0.29, 0.717) is 16.4 Å². The summed E-state index contributed by atoms with van der Waals surface area (Å²) in [6, 6.07) is 11.6. The number of amides is 2. The Bertz CT molecular complexity index is 1200. The molecule has 1 aliphatic carbocycles. The summed E-state index contributed by atoms with van der Waals surface area (Å²) in [5, 5.41) is 7.62. The van der Waals surface area contributed by atoms with Gasteiger partial charge in [0.2, 0.25) is 5.91 Å². The minimum atomic E-state index is -3.53. The topological polar surface area (TPSA) is 105 Å². The van der Waals surface area contributed by atoms with Gasteiger partial charge in [-0.15, -0.1) is 11.3 Å². The maximum Gasteiger partial charge on any atom is 0.257 e. The summed E-state index contributed by atoms with van der Waals surface area (Å²) in [6.07, 6.45) is 4.39. The van der Waals surface area contributed by atoms with E-state index in [4.69, 9.17) is 0 Å². The third-order valence-corrected chi connectivity index (χ3v) is 7.51. The zero-order valence-electron chi connectivity index (χ0n) is 16.6. The number of anilines is 2. The van der Waals surface area contributed by atoms with Gasteiger partial charge < -0.3 is 5.32 Å². The van der Waals surface area contributed by atoms with Gasteiger partial charge in [0.15, 0.2) is 15.0 Å². The van der Waals surface area contributed by atoms with Crippen LogP contribution in [0, 0.1) is 0 Å². The maximum atomic E-state index is 12.6. The number of aromatic nitrogens is 1. The second-order valence-electron chi connectivity index (χ2n) is 7.27. The van der Waals surface area contributed by atoms with Crippen molar-refractivity contribution < 1.29 is 18.0 Å². The van der Waals surface area contributed by atoms with Gasteiger partial charge in [-0.2, -0.15) is 0 Å². The fraction of sp³-hybridized carbons (Fsp3) is 0.227. The van der Waals surface area contributed by atoms with Crippen molar-refractivity contribution in [3.8, 4) is 0 Å². The van der Waals surface area contributed by atoms with E-state index >= 15 is 0 Å². The molecule has 0 fully saturated rings. The number of aryl methyl sites for hydroxylation is 2. The lowest BCUT2D eigenvalue weighted by atomic mass is 10.1. The van der Waals surface area contributed by atoms with Crippen LogP contribution in [0.2, 0.25) is 0 Å². The highest BCUT2D eigenvalue weighted by molar-refractivity contribution is 7.91. The number of nitrogens with one attached hydrogen (secondary N) is 2. The molecule has 3 aromatic rings. The molecule has 31 heavy (non-hydrogen) atoms. The Morgan fingerprint density at radius 2 is 1.77 bits per heavy atom. The van der Waals surface area contributed by atoms with Crippen LogP contribution in [0.5, 0.6) is 0 Å². The zero-order chi connectivity index (χ0) is 21.8. The minimum Gasteiger partial charge on any atom is -0.326 e. The molecule has 0 bridgehead atoms. The van der Waals surface area contributed by atoms with Gasteiger partial charge in [-0.1, -0.05) is 6.07 Å². The molecule has 0 saturated carbocycles. The van der Waals surface area contributed by atoms with Crippen molar-refractivity contribution in [2.75, 3.05) is 16.4 Å². The summed E-state index contributed by atoms with van der Waals surface area (Å²) in [5.41, 5.74) is 3.21. The monoisotopic (exact) mass is 455 g/mol. The second-order valence-corrected chi connectivity index (χ2v) is 10.3. The average molecular weight is 456 g/mol. The van der Waals surface area contributed by atoms with E-state index in [2.05, 4.69) is 15.6 Å². The van der Waals surface area contributed by atoms with Crippen molar-refractivity contribution in [1.29, 1.82) is 0 Å². The number of thiazole rings is 1. The molecule has 0 atom stereocenters. The van der Waals surface area contributed by atoms with E-state index in [-0.39, 0.29) is 23.0 Å². The normalized spacial score (nSPS) is 12.9. The molecule has 1 aliphatic rings. The molecule has 0 saturated heterocycles.